The Morgan fingerprint density at radius 1 is 1.47 bits per heavy atom. The first-order chi connectivity index (χ1) is 7.22. The van der Waals surface area contributed by atoms with Gasteiger partial charge in [-0.3, -0.25) is 0 Å². The Morgan fingerprint density at radius 3 is 3.00 bits per heavy atom. The summed E-state index contributed by atoms with van der Waals surface area (Å²) in [5.74, 6) is 0. The molecule has 0 spiro atoms. The smallest absolute Gasteiger partial charge is 0.0818 e. The van der Waals surface area contributed by atoms with Crippen LogP contribution in [0.3, 0.4) is 0 Å². The molecule has 0 amide bonds. The Bertz CT molecular complexity index is 534. The SMILES string of the molecule is C=C(C=CC)c1cc2ncsc2cc1C. The zero-order valence-corrected chi connectivity index (χ0v) is 9.77. The molecule has 0 unspecified atom stereocenters. The lowest BCUT2D eigenvalue weighted by Crippen LogP contribution is -1.85. The molecule has 0 aliphatic rings. The van der Waals surface area contributed by atoms with Crippen LogP contribution in [0.1, 0.15) is 18.1 Å². The van der Waals surface area contributed by atoms with Gasteiger partial charge in [0.25, 0.3) is 0 Å². The highest BCUT2D eigenvalue weighted by atomic mass is 32.1. The number of hydrogen-bond acceptors (Lipinski definition) is 2. The van der Waals surface area contributed by atoms with Crippen molar-refractivity contribution in [3.05, 3.63) is 47.5 Å². The second-order valence-corrected chi connectivity index (χ2v) is 4.40. The Balaban J connectivity index is 2.59. The lowest BCUT2D eigenvalue weighted by atomic mass is 10.0. The van der Waals surface area contributed by atoms with E-state index >= 15 is 0 Å². The van der Waals surface area contributed by atoms with Crippen molar-refractivity contribution in [1.82, 2.24) is 4.98 Å². The first kappa shape index (κ1) is 10.1. The normalized spacial score (nSPS) is 11.3. The van der Waals surface area contributed by atoms with Gasteiger partial charge in [-0.05, 0) is 42.7 Å². The Morgan fingerprint density at radius 2 is 2.27 bits per heavy atom. The fraction of sp³-hybridized carbons (Fsp3) is 0.154. The number of aryl methyl sites for hydroxylation is 1. The van der Waals surface area contributed by atoms with Gasteiger partial charge in [0.15, 0.2) is 0 Å². The van der Waals surface area contributed by atoms with Gasteiger partial charge in [0.2, 0.25) is 0 Å². The summed E-state index contributed by atoms with van der Waals surface area (Å²) in [6.45, 7) is 8.17. The first-order valence-corrected chi connectivity index (χ1v) is 5.76. The number of benzene rings is 1. The van der Waals surface area contributed by atoms with Gasteiger partial charge in [-0.25, -0.2) is 4.98 Å². The molecule has 1 aromatic heterocycles. The summed E-state index contributed by atoms with van der Waals surface area (Å²) < 4.78 is 1.24. The van der Waals surface area contributed by atoms with Crippen LogP contribution >= 0.6 is 11.3 Å². The van der Waals surface area contributed by atoms with Gasteiger partial charge in [-0.2, -0.15) is 0 Å². The molecule has 2 heteroatoms. The van der Waals surface area contributed by atoms with Crippen molar-refractivity contribution in [3.8, 4) is 0 Å². The number of fused-ring (bicyclic) bond motifs is 1. The summed E-state index contributed by atoms with van der Waals surface area (Å²) in [6.07, 6.45) is 4.04. The monoisotopic (exact) mass is 215 g/mol. The molecule has 76 valence electrons. The average Bonchev–Trinajstić information content (AvgIpc) is 2.63. The highest BCUT2D eigenvalue weighted by molar-refractivity contribution is 7.16. The van der Waals surface area contributed by atoms with Gasteiger partial charge in [0, 0.05) is 0 Å². The predicted molar refractivity (Wildman–Crippen MR) is 68.2 cm³/mol. The molecule has 0 saturated heterocycles. The van der Waals surface area contributed by atoms with Gasteiger partial charge in [-0.15, -0.1) is 11.3 Å². The molecule has 1 aromatic carbocycles. The van der Waals surface area contributed by atoms with E-state index in [9.17, 15) is 0 Å². The summed E-state index contributed by atoms with van der Waals surface area (Å²) in [5, 5.41) is 0. The van der Waals surface area contributed by atoms with Crippen LogP contribution in [0.5, 0.6) is 0 Å². The fourth-order valence-corrected chi connectivity index (χ4v) is 2.40. The van der Waals surface area contributed by atoms with Gasteiger partial charge in [-0.1, -0.05) is 18.7 Å². The van der Waals surface area contributed by atoms with E-state index in [0.29, 0.717) is 0 Å². The molecule has 2 rings (SSSR count). The third-order valence-corrected chi connectivity index (χ3v) is 3.18. The van der Waals surface area contributed by atoms with Crippen LogP contribution in [0.25, 0.3) is 15.8 Å². The molecular formula is C13H13NS. The van der Waals surface area contributed by atoms with E-state index in [1.165, 1.54) is 15.8 Å². The van der Waals surface area contributed by atoms with Gasteiger partial charge < -0.3 is 0 Å². The highest BCUT2D eigenvalue weighted by Gasteiger charge is 2.04. The number of allylic oxidation sites excluding steroid dienone is 3. The number of thiazole rings is 1. The molecule has 0 aliphatic heterocycles. The Kier molecular flexibility index (Phi) is 2.69. The van der Waals surface area contributed by atoms with E-state index in [4.69, 9.17) is 0 Å². The molecule has 0 atom stereocenters. The standard InChI is InChI=1S/C13H13NS/c1-4-5-9(2)11-7-12-13(6-10(11)3)15-8-14-12/h4-8H,2H2,1,3H3. The molecule has 0 bridgehead atoms. The summed E-state index contributed by atoms with van der Waals surface area (Å²) in [7, 11) is 0. The molecule has 1 heterocycles. The zero-order valence-electron chi connectivity index (χ0n) is 8.95. The zero-order chi connectivity index (χ0) is 10.8. The van der Waals surface area contributed by atoms with Crippen LogP contribution in [0.4, 0.5) is 0 Å². The van der Waals surface area contributed by atoms with Crippen molar-refractivity contribution in [2.45, 2.75) is 13.8 Å². The Hall–Kier alpha value is -1.41. The molecule has 0 aliphatic carbocycles. The minimum absolute atomic E-state index is 1.05. The maximum absolute atomic E-state index is 4.32. The van der Waals surface area contributed by atoms with E-state index in [1.54, 1.807) is 11.3 Å². The van der Waals surface area contributed by atoms with Crippen molar-refractivity contribution in [3.63, 3.8) is 0 Å². The number of rotatable bonds is 2. The van der Waals surface area contributed by atoms with Crippen molar-refractivity contribution in [2.24, 2.45) is 0 Å². The lowest BCUT2D eigenvalue weighted by Gasteiger charge is -2.05. The van der Waals surface area contributed by atoms with Crippen molar-refractivity contribution < 1.29 is 0 Å². The molecular weight excluding hydrogens is 202 g/mol. The number of aromatic nitrogens is 1. The minimum atomic E-state index is 1.05. The van der Waals surface area contributed by atoms with Crippen LogP contribution in [-0.2, 0) is 0 Å². The molecule has 2 aromatic rings. The van der Waals surface area contributed by atoms with Crippen LogP contribution in [0.2, 0.25) is 0 Å². The van der Waals surface area contributed by atoms with E-state index in [0.717, 1.165) is 11.1 Å². The van der Waals surface area contributed by atoms with Gasteiger partial charge in [0.1, 0.15) is 0 Å². The molecule has 0 saturated carbocycles. The van der Waals surface area contributed by atoms with Gasteiger partial charge >= 0.3 is 0 Å². The molecule has 0 fully saturated rings. The van der Waals surface area contributed by atoms with E-state index in [2.05, 4.69) is 30.6 Å². The molecule has 0 radical (unpaired) electrons. The fourth-order valence-electron chi connectivity index (χ4n) is 1.64. The Labute approximate surface area is 93.8 Å². The summed E-state index contributed by atoms with van der Waals surface area (Å²) in [6, 6.07) is 4.29. The molecule has 0 N–H and O–H groups in total. The first-order valence-electron chi connectivity index (χ1n) is 4.88. The van der Waals surface area contributed by atoms with E-state index in [-0.39, 0.29) is 0 Å². The average molecular weight is 215 g/mol. The number of hydrogen-bond donors (Lipinski definition) is 0. The third-order valence-electron chi connectivity index (χ3n) is 2.39. The van der Waals surface area contributed by atoms with Gasteiger partial charge in [0.05, 0.1) is 15.7 Å². The second kappa shape index (κ2) is 3.99. The van der Waals surface area contributed by atoms with E-state index in [1.807, 2.05) is 24.6 Å². The maximum atomic E-state index is 4.32. The van der Waals surface area contributed by atoms with Crippen molar-refractivity contribution in [2.75, 3.05) is 0 Å². The summed E-state index contributed by atoms with van der Waals surface area (Å²) >= 11 is 1.68. The molecule has 15 heavy (non-hydrogen) atoms. The third kappa shape index (κ3) is 1.85. The van der Waals surface area contributed by atoms with Crippen LogP contribution < -0.4 is 0 Å². The maximum Gasteiger partial charge on any atom is 0.0818 e. The van der Waals surface area contributed by atoms with Crippen LogP contribution in [-0.4, -0.2) is 4.98 Å². The second-order valence-electron chi connectivity index (χ2n) is 3.51. The van der Waals surface area contributed by atoms with E-state index < -0.39 is 0 Å². The molecule has 1 nitrogen and oxygen atoms in total. The highest BCUT2D eigenvalue weighted by Crippen LogP contribution is 2.26. The van der Waals surface area contributed by atoms with Crippen molar-refractivity contribution in [1.29, 1.82) is 0 Å². The van der Waals surface area contributed by atoms with Crippen LogP contribution in [0.15, 0.2) is 36.4 Å². The van der Waals surface area contributed by atoms with Crippen LogP contribution in [0, 0.1) is 6.92 Å². The number of nitrogens with zero attached hydrogens (tertiary/aromatic N) is 1. The minimum Gasteiger partial charge on any atom is -0.245 e. The largest absolute Gasteiger partial charge is 0.245 e. The van der Waals surface area contributed by atoms with Crippen molar-refractivity contribution >= 4 is 27.1 Å². The summed E-state index contributed by atoms with van der Waals surface area (Å²) in [5.41, 5.74) is 6.43. The quantitative estimate of drug-likeness (QED) is 0.684. The topological polar surface area (TPSA) is 12.9 Å². The predicted octanol–water partition coefficient (Wildman–Crippen LogP) is 4.19. The summed E-state index contributed by atoms with van der Waals surface area (Å²) in [4.78, 5) is 4.32. The lowest BCUT2D eigenvalue weighted by molar-refractivity contribution is 1.43.